The number of fused-ring (bicyclic) bond motifs is 1. The Kier molecular flexibility index (Phi) is 3.64. The van der Waals surface area contributed by atoms with E-state index in [1.807, 2.05) is 44.2 Å². The lowest BCUT2D eigenvalue weighted by Gasteiger charge is -2.19. The van der Waals surface area contributed by atoms with E-state index in [0.29, 0.717) is 0 Å². The fraction of sp³-hybridized carbons (Fsp3) is 0.158. The van der Waals surface area contributed by atoms with Gasteiger partial charge in [-0.3, -0.25) is 9.59 Å². The number of hydrogen-bond acceptors (Lipinski definition) is 2. The Labute approximate surface area is 138 Å². The van der Waals surface area contributed by atoms with Crippen molar-refractivity contribution >= 4 is 23.6 Å². The molecule has 0 spiro atoms. The molecule has 2 aromatic heterocycles. The van der Waals surface area contributed by atoms with Crippen LogP contribution in [-0.2, 0) is 5.41 Å². The zero-order valence-corrected chi connectivity index (χ0v) is 13.7. The molecule has 24 heavy (non-hydrogen) atoms. The maximum atomic E-state index is 12.2. The minimum atomic E-state index is -0.412. The molecule has 122 valence electrons. The van der Waals surface area contributed by atoms with Crippen LogP contribution in [0.2, 0.25) is 0 Å². The molecule has 3 N–H and O–H groups in total. The molecule has 5 nitrogen and oxygen atoms in total. The molecule has 2 heterocycles. The van der Waals surface area contributed by atoms with Crippen LogP contribution in [0, 0.1) is 0 Å². The molecule has 0 saturated carbocycles. The largest absolute Gasteiger partial charge is 0.357 e. The summed E-state index contributed by atoms with van der Waals surface area (Å²) in [7, 11) is 0. The Hall–Kier alpha value is -3.08. The fourth-order valence-electron chi connectivity index (χ4n) is 2.69. The van der Waals surface area contributed by atoms with Crippen LogP contribution in [0.15, 0.2) is 46.5 Å². The minimum Gasteiger partial charge on any atom is -0.357 e. The van der Waals surface area contributed by atoms with Crippen LogP contribution in [0.4, 0.5) is 0 Å². The highest BCUT2D eigenvalue weighted by molar-refractivity contribution is 5.91. The Balaban J connectivity index is 2.44. The molecule has 0 amide bonds. The molecule has 0 radical (unpaired) electrons. The first-order valence-corrected chi connectivity index (χ1v) is 7.61. The SMILES string of the molecule is C=CC(C)(C)c1[nH]c2ccccc2c1/C=c1\[nH]c(=O)c(=C)[nH]c1=O. The molecular formula is C19H19N3O2. The quantitative estimate of drug-likeness (QED) is 0.635. The van der Waals surface area contributed by atoms with Crippen molar-refractivity contribution in [3.8, 4) is 0 Å². The van der Waals surface area contributed by atoms with E-state index in [9.17, 15) is 9.59 Å². The average Bonchev–Trinajstić information content (AvgIpc) is 2.92. The highest BCUT2D eigenvalue weighted by Gasteiger charge is 2.23. The lowest BCUT2D eigenvalue weighted by molar-refractivity contribution is 0.651. The summed E-state index contributed by atoms with van der Waals surface area (Å²) < 4.78 is 0. The summed E-state index contributed by atoms with van der Waals surface area (Å²) in [4.78, 5) is 32.4. The van der Waals surface area contributed by atoms with E-state index in [2.05, 4.69) is 28.1 Å². The van der Waals surface area contributed by atoms with Gasteiger partial charge < -0.3 is 15.0 Å². The summed E-state index contributed by atoms with van der Waals surface area (Å²) in [6, 6.07) is 7.83. The van der Waals surface area contributed by atoms with Crippen LogP contribution in [0.1, 0.15) is 25.1 Å². The molecule has 0 bridgehead atoms. The number of rotatable bonds is 3. The third-order valence-corrected chi connectivity index (χ3v) is 4.22. The summed E-state index contributed by atoms with van der Waals surface area (Å²) >= 11 is 0. The molecule has 0 aliphatic rings. The summed E-state index contributed by atoms with van der Waals surface area (Å²) in [6.07, 6.45) is 3.54. The van der Waals surface area contributed by atoms with E-state index < -0.39 is 5.56 Å². The number of aromatic amines is 3. The van der Waals surface area contributed by atoms with Crippen LogP contribution in [0.5, 0.6) is 0 Å². The van der Waals surface area contributed by atoms with Gasteiger partial charge in [-0.15, -0.1) is 6.58 Å². The molecule has 0 atom stereocenters. The van der Waals surface area contributed by atoms with Gasteiger partial charge in [0, 0.05) is 27.6 Å². The fourth-order valence-corrected chi connectivity index (χ4v) is 2.69. The van der Waals surface area contributed by atoms with Gasteiger partial charge in [-0.2, -0.15) is 0 Å². The van der Waals surface area contributed by atoms with Crippen LogP contribution in [0.3, 0.4) is 0 Å². The topological polar surface area (TPSA) is 81.5 Å². The Morgan fingerprint density at radius 3 is 2.46 bits per heavy atom. The van der Waals surface area contributed by atoms with Crippen molar-refractivity contribution in [2.75, 3.05) is 0 Å². The van der Waals surface area contributed by atoms with Crippen LogP contribution < -0.4 is 21.8 Å². The highest BCUT2D eigenvalue weighted by atomic mass is 16.1. The molecule has 0 aliphatic heterocycles. The third kappa shape index (κ3) is 2.54. The summed E-state index contributed by atoms with van der Waals surface area (Å²) in [6.45, 7) is 11.5. The van der Waals surface area contributed by atoms with Gasteiger partial charge in [0.25, 0.3) is 11.1 Å². The number of para-hydroxylation sites is 1. The van der Waals surface area contributed by atoms with Gasteiger partial charge in [0.2, 0.25) is 0 Å². The molecule has 3 aromatic rings. The number of H-pyrrole nitrogens is 3. The van der Waals surface area contributed by atoms with Crippen molar-refractivity contribution in [3.63, 3.8) is 0 Å². The standard InChI is InChI=1S/C19H19N3O2/c1-5-19(3,4)16-13(12-8-6-7-9-14(12)21-16)10-15-18(24)20-11(2)17(23)22-15/h5-10,21H,1-2H2,3-4H3,(H,20,24)(H,22,23)/b15-10-. The lowest BCUT2D eigenvalue weighted by atomic mass is 9.86. The van der Waals surface area contributed by atoms with Crippen LogP contribution in [-0.4, -0.2) is 15.0 Å². The van der Waals surface area contributed by atoms with Gasteiger partial charge in [0.05, 0.1) is 5.35 Å². The number of benzene rings is 1. The minimum absolute atomic E-state index is 0.0442. The Bertz CT molecular complexity index is 1160. The van der Waals surface area contributed by atoms with E-state index in [0.717, 1.165) is 22.2 Å². The molecule has 0 aliphatic carbocycles. The van der Waals surface area contributed by atoms with Gasteiger partial charge in [0.15, 0.2) is 0 Å². The summed E-state index contributed by atoms with van der Waals surface area (Å²) in [5.74, 6) is 0. The van der Waals surface area contributed by atoms with E-state index >= 15 is 0 Å². The second kappa shape index (κ2) is 5.53. The first-order valence-electron chi connectivity index (χ1n) is 7.61. The molecule has 5 heteroatoms. The van der Waals surface area contributed by atoms with E-state index in [-0.39, 0.29) is 21.7 Å². The van der Waals surface area contributed by atoms with Crippen molar-refractivity contribution < 1.29 is 0 Å². The first-order chi connectivity index (χ1) is 11.3. The second-order valence-electron chi connectivity index (χ2n) is 6.33. The molecular weight excluding hydrogens is 302 g/mol. The number of allylic oxidation sites excluding steroid dienone is 1. The monoisotopic (exact) mass is 321 g/mol. The van der Waals surface area contributed by atoms with E-state index in [4.69, 9.17) is 0 Å². The van der Waals surface area contributed by atoms with Crippen molar-refractivity contribution in [2.24, 2.45) is 0 Å². The smallest absolute Gasteiger partial charge is 0.272 e. The van der Waals surface area contributed by atoms with E-state index in [1.165, 1.54) is 0 Å². The predicted octanol–water partition coefficient (Wildman–Crippen LogP) is 1.25. The molecule has 0 saturated heterocycles. The first kappa shape index (κ1) is 15.8. The van der Waals surface area contributed by atoms with E-state index in [1.54, 1.807) is 6.08 Å². The number of nitrogens with one attached hydrogen (secondary N) is 3. The zero-order valence-electron chi connectivity index (χ0n) is 13.7. The van der Waals surface area contributed by atoms with Gasteiger partial charge in [0.1, 0.15) is 5.35 Å². The van der Waals surface area contributed by atoms with Gasteiger partial charge in [-0.05, 0) is 12.1 Å². The van der Waals surface area contributed by atoms with Crippen LogP contribution >= 0.6 is 0 Å². The van der Waals surface area contributed by atoms with Crippen LogP contribution in [0.25, 0.3) is 23.6 Å². The number of aromatic nitrogens is 3. The van der Waals surface area contributed by atoms with Gasteiger partial charge >= 0.3 is 0 Å². The molecule has 0 fully saturated rings. The average molecular weight is 321 g/mol. The second-order valence-corrected chi connectivity index (χ2v) is 6.33. The normalized spacial score (nSPS) is 12.7. The third-order valence-electron chi connectivity index (χ3n) is 4.22. The van der Waals surface area contributed by atoms with Crippen molar-refractivity contribution in [3.05, 3.63) is 79.6 Å². The number of hydrogen-bond donors (Lipinski definition) is 3. The maximum absolute atomic E-state index is 12.2. The highest BCUT2D eigenvalue weighted by Crippen LogP contribution is 2.32. The van der Waals surface area contributed by atoms with Crippen molar-refractivity contribution in [1.29, 1.82) is 0 Å². The molecule has 0 unspecified atom stereocenters. The van der Waals surface area contributed by atoms with Crippen molar-refractivity contribution in [1.82, 2.24) is 15.0 Å². The molecule has 1 aromatic carbocycles. The van der Waals surface area contributed by atoms with Gasteiger partial charge in [-0.25, -0.2) is 0 Å². The Morgan fingerprint density at radius 2 is 1.75 bits per heavy atom. The zero-order chi connectivity index (χ0) is 17.5. The maximum Gasteiger partial charge on any atom is 0.272 e. The van der Waals surface area contributed by atoms with Crippen molar-refractivity contribution in [2.45, 2.75) is 19.3 Å². The predicted molar refractivity (Wildman–Crippen MR) is 97.5 cm³/mol. The lowest BCUT2D eigenvalue weighted by Crippen LogP contribution is -2.46. The Morgan fingerprint density at radius 1 is 1.04 bits per heavy atom. The van der Waals surface area contributed by atoms with Gasteiger partial charge in [-0.1, -0.05) is 44.7 Å². The summed E-state index contributed by atoms with van der Waals surface area (Å²) in [5.41, 5.74) is 1.62. The molecule has 3 rings (SSSR count). The summed E-state index contributed by atoms with van der Waals surface area (Å²) in [5, 5.41) is 1.21.